The molecule has 0 fully saturated rings. The predicted octanol–water partition coefficient (Wildman–Crippen LogP) is 3.36. The first-order valence-corrected chi connectivity index (χ1v) is 7.22. The molecule has 0 spiro atoms. The molecule has 1 aromatic rings. The summed E-state index contributed by atoms with van der Waals surface area (Å²) in [6.45, 7) is 12.0. The maximum absolute atomic E-state index is 4.67. The topological polar surface area (TPSA) is 28.2 Å². The number of hydrogen-bond donors (Lipinski definition) is 1. The normalized spacial score (nSPS) is 13.1. The number of nitrogens with one attached hydrogen (secondary N) is 1. The van der Waals surface area contributed by atoms with E-state index in [0.717, 1.165) is 17.4 Å². The number of nitrogens with zero attached hydrogens (tertiary/aromatic N) is 2. The van der Waals surface area contributed by atoms with Gasteiger partial charge in [0.05, 0.1) is 5.69 Å². The van der Waals surface area contributed by atoms with Gasteiger partial charge < -0.3 is 10.2 Å². The third-order valence-corrected chi connectivity index (χ3v) is 4.42. The third-order valence-electron chi connectivity index (χ3n) is 2.99. The van der Waals surface area contributed by atoms with Crippen molar-refractivity contribution >= 4 is 16.5 Å². The van der Waals surface area contributed by atoms with Crippen LogP contribution in [0.5, 0.6) is 0 Å². The zero-order valence-electron chi connectivity index (χ0n) is 11.9. The molecular weight excluding hydrogens is 230 g/mol. The summed E-state index contributed by atoms with van der Waals surface area (Å²) in [5.41, 5.74) is 1.16. The molecule has 17 heavy (non-hydrogen) atoms. The molecule has 0 aromatic carbocycles. The summed E-state index contributed by atoms with van der Waals surface area (Å²) in [6, 6.07) is 0.897. The van der Waals surface area contributed by atoms with Crippen LogP contribution in [0.1, 0.15) is 50.7 Å². The Hall–Kier alpha value is -0.610. The average molecular weight is 255 g/mol. The van der Waals surface area contributed by atoms with Gasteiger partial charge in [-0.15, -0.1) is 11.3 Å². The number of aromatic nitrogens is 1. The summed E-state index contributed by atoms with van der Waals surface area (Å²) in [4.78, 5) is 8.26. The Labute approximate surface area is 109 Å². The monoisotopic (exact) mass is 255 g/mol. The molecule has 0 amide bonds. The van der Waals surface area contributed by atoms with Gasteiger partial charge in [0.2, 0.25) is 0 Å². The lowest BCUT2D eigenvalue weighted by Gasteiger charge is -2.20. The number of rotatable bonds is 6. The Morgan fingerprint density at radius 1 is 1.35 bits per heavy atom. The molecule has 0 saturated heterocycles. The van der Waals surface area contributed by atoms with Gasteiger partial charge in [-0.2, -0.15) is 0 Å². The van der Waals surface area contributed by atoms with Crippen LogP contribution >= 0.6 is 11.3 Å². The Morgan fingerprint density at radius 2 is 2.00 bits per heavy atom. The number of hydrogen-bond acceptors (Lipinski definition) is 4. The van der Waals surface area contributed by atoms with Crippen LogP contribution in [0.3, 0.4) is 0 Å². The fraction of sp³-hybridized carbons (Fsp3) is 0.769. The van der Waals surface area contributed by atoms with Crippen LogP contribution < -0.4 is 10.2 Å². The summed E-state index contributed by atoms with van der Waals surface area (Å²) in [6.07, 6.45) is 1.17. The van der Waals surface area contributed by atoms with Gasteiger partial charge in [-0.3, -0.25) is 0 Å². The van der Waals surface area contributed by atoms with Crippen molar-refractivity contribution in [1.82, 2.24) is 10.3 Å². The van der Waals surface area contributed by atoms with Gasteiger partial charge in [-0.05, 0) is 40.7 Å². The Bertz CT molecular complexity index is 346. The van der Waals surface area contributed by atoms with Crippen molar-refractivity contribution in [1.29, 1.82) is 0 Å². The standard InChI is InChI=1S/C13H25N3S/c1-7-8-14-10(4)12-11(5)15-13(17-12)16(6)9(2)3/h9-10,14H,7-8H2,1-6H3. The van der Waals surface area contributed by atoms with E-state index in [4.69, 9.17) is 0 Å². The minimum Gasteiger partial charge on any atom is -0.349 e. The summed E-state index contributed by atoms with van der Waals surface area (Å²) in [5, 5.41) is 4.65. The van der Waals surface area contributed by atoms with Crippen molar-refractivity contribution in [3.05, 3.63) is 10.6 Å². The predicted molar refractivity (Wildman–Crippen MR) is 77.1 cm³/mol. The van der Waals surface area contributed by atoms with E-state index in [0.29, 0.717) is 12.1 Å². The van der Waals surface area contributed by atoms with Crippen LogP contribution in [0.15, 0.2) is 0 Å². The first-order valence-electron chi connectivity index (χ1n) is 6.40. The maximum atomic E-state index is 4.67. The van der Waals surface area contributed by atoms with Crippen LogP contribution in [0, 0.1) is 6.92 Å². The molecule has 1 aromatic heterocycles. The highest BCUT2D eigenvalue weighted by Gasteiger charge is 2.16. The highest BCUT2D eigenvalue weighted by molar-refractivity contribution is 7.15. The summed E-state index contributed by atoms with van der Waals surface area (Å²) < 4.78 is 0. The van der Waals surface area contributed by atoms with Crippen LogP contribution in [0.2, 0.25) is 0 Å². The lowest BCUT2D eigenvalue weighted by atomic mass is 10.2. The molecule has 0 aliphatic carbocycles. The molecule has 98 valence electrons. The molecule has 1 heterocycles. The van der Waals surface area contributed by atoms with Gasteiger partial charge in [-0.25, -0.2) is 4.98 Å². The second kappa shape index (κ2) is 6.36. The average Bonchev–Trinajstić information content (AvgIpc) is 2.67. The Balaban J connectivity index is 2.81. The summed E-state index contributed by atoms with van der Waals surface area (Å²) >= 11 is 1.81. The lowest BCUT2D eigenvalue weighted by molar-refractivity contribution is 0.575. The maximum Gasteiger partial charge on any atom is 0.185 e. The van der Waals surface area contributed by atoms with Gasteiger partial charge in [-0.1, -0.05) is 6.92 Å². The molecule has 0 aliphatic heterocycles. The smallest absolute Gasteiger partial charge is 0.185 e. The highest BCUT2D eigenvalue weighted by atomic mass is 32.1. The van der Waals surface area contributed by atoms with E-state index in [1.807, 2.05) is 0 Å². The second-order valence-electron chi connectivity index (χ2n) is 4.83. The van der Waals surface area contributed by atoms with Gasteiger partial charge in [0, 0.05) is 24.0 Å². The Kier molecular flexibility index (Phi) is 5.40. The summed E-state index contributed by atoms with van der Waals surface area (Å²) in [7, 11) is 2.11. The minimum absolute atomic E-state index is 0.404. The fourth-order valence-corrected chi connectivity index (χ4v) is 2.81. The molecule has 1 N–H and O–H groups in total. The molecule has 3 nitrogen and oxygen atoms in total. The van der Waals surface area contributed by atoms with Gasteiger partial charge in [0.1, 0.15) is 0 Å². The minimum atomic E-state index is 0.404. The number of aryl methyl sites for hydroxylation is 1. The molecule has 0 radical (unpaired) electrons. The van der Waals surface area contributed by atoms with Crippen molar-refractivity contribution in [3.63, 3.8) is 0 Å². The molecule has 1 atom stereocenters. The molecule has 0 saturated carbocycles. The zero-order valence-corrected chi connectivity index (χ0v) is 12.7. The van der Waals surface area contributed by atoms with E-state index >= 15 is 0 Å². The van der Waals surface area contributed by atoms with E-state index in [1.54, 1.807) is 11.3 Å². The lowest BCUT2D eigenvalue weighted by Crippen LogP contribution is -2.25. The van der Waals surface area contributed by atoms with Crippen molar-refractivity contribution in [2.45, 2.75) is 53.1 Å². The van der Waals surface area contributed by atoms with Crippen LogP contribution in [-0.4, -0.2) is 24.6 Å². The largest absolute Gasteiger partial charge is 0.349 e. The quantitative estimate of drug-likeness (QED) is 0.845. The van der Waals surface area contributed by atoms with Crippen molar-refractivity contribution in [2.75, 3.05) is 18.5 Å². The highest BCUT2D eigenvalue weighted by Crippen LogP contribution is 2.30. The molecule has 0 bridgehead atoms. The van der Waals surface area contributed by atoms with E-state index in [9.17, 15) is 0 Å². The first-order chi connectivity index (χ1) is 7.97. The molecule has 0 aliphatic rings. The Morgan fingerprint density at radius 3 is 2.53 bits per heavy atom. The van der Waals surface area contributed by atoms with E-state index < -0.39 is 0 Å². The van der Waals surface area contributed by atoms with Crippen molar-refractivity contribution < 1.29 is 0 Å². The SMILES string of the molecule is CCCNC(C)c1sc(N(C)C(C)C)nc1C. The first kappa shape index (κ1) is 14.5. The van der Waals surface area contributed by atoms with Crippen molar-refractivity contribution in [3.8, 4) is 0 Å². The number of anilines is 1. The molecular formula is C13H25N3S. The van der Waals surface area contributed by atoms with Crippen LogP contribution in [0.25, 0.3) is 0 Å². The number of thiazole rings is 1. The van der Waals surface area contributed by atoms with E-state index in [2.05, 4.69) is 56.9 Å². The molecule has 1 rings (SSSR count). The van der Waals surface area contributed by atoms with E-state index in [1.165, 1.54) is 11.3 Å². The molecule has 4 heteroatoms. The van der Waals surface area contributed by atoms with Crippen molar-refractivity contribution in [2.24, 2.45) is 0 Å². The third kappa shape index (κ3) is 3.68. The molecule has 1 unspecified atom stereocenters. The summed E-state index contributed by atoms with van der Waals surface area (Å²) in [5.74, 6) is 0. The second-order valence-corrected chi connectivity index (χ2v) is 5.84. The van der Waals surface area contributed by atoms with E-state index in [-0.39, 0.29) is 0 Å². The van der Waals surface area contributed by atoms with Gasteiger partial charge in [0.25, 0.3) is 0 Å². The van der Waals surface area contributed by atoms with Gasteiger partial charge in [0.15, 0.2) is 5.13 Å². The van der Waals surface area contributed by atoms with Gasteiger partial charge >= 0.3 is 0 Å². The van der Waals surface area contributed by atoms with Crippen LogP contribution in [0.4, 0.5) is 5.13 Å². The fourth-order valence-electron chi connectivity index (χ4n) is 1.62. The van der Waals surface area contributed by atoms with Crippen LogP contribution in [-0.2, 0) is 0 Å². The zero-order chi connectivity index (χ0) is 13.0.